The number of hydrogen-bond donors (Lipinski definition) is 4. The van der Waals surface area contributed by atoms with E-state index in [0.29, 0.717) is 36.3 Å². The monoisotopic (exact) mass is 333 g/mol. The van der Waals surface area contributed by atoms with Crippen LogP contribution in [0.2, 0.25) is 0 Å². The van der Waals surface area contributed by atoms with Crippen LogP contribution in [0.15, 0.2) is 29.5 Å². The molecule has 128 valence electrons. The van der Waals surface area contributed by atoms with Gasteiger partial charge in [-0.05, 0) is 24.1 Å². The van der Waals surface area contributed by atoms with Crippen LogP contribution in [0.3, 0.4) is 0 Å². The van der Waals surface area contributed by atoms with E-state index in [1.807, 2.05) is 0 Å². The van der Waals surface area contributed by atoms with Crippen LogP contribution in [-0.2, 0) is 4.79 Å². The molecule has 0 spiro atoms. The lowest BCUT2D eigenvalue weighted by molar-refractivity contribution is -0.125. The van der Waals surface area contributed by atoms with Crippen LogP contribution >= 0.6 is 0 Å². The molecule has 24 heavy (non-hydrogen) atoms. The third-order valence-electron chi connectivity index (χ3n) is 4.14. The fourth-order valence-corrected chi connectivity index (χ4v) is 2.99. The summed E-state index contributed by atoms with van der Waals surface area (Å²) in [6.07, 6.45) is 0.478. The largest absolute Gasteiger partial charge is 0.504 e. The van der Waals surface area contributed by atoms with Gasteiger partial charge in [-0.2, -0.15) is 0 Å². The number of carbonyl (C=O) groups is 2. The molecule has 8 heteroatoms. The number of benzene rings is 1. The number of urea groups is 1. The predicted molar refractivity (Wildman–Crippen MR) is 84.4 cm³/mol. The van der Waals surface area contributed by atoms with Gasteiger partial charge in [0, 0.05) is 13.2 Å². The second-order valence-electron chi connectivity index (χ2n) is 5.66. The molecule has 0 fully saturated rings. The fraction of sp³-hybridized carbons (Fsp3) is 0.375. The van der Waals surface area contributed by atoms with Gasteiger partial charge in [0.2, 0.25) is 0 Å². The second-order valence-corrected chi connectivity index (χ2v) is 5.66. The van der Waals surface area contributed by atoms with Gasteiger partial charge in [0.05, 0.1) is 31.0 Å². The van der Waals surface area contributed by atoms with E-state index in [0.717, 1.165) is 0 Å². The predicted octanol–water partition coefficient (Wildman–Crippen LogP) is 0.233. The highest BCUT2D eigenvalue weighted by Crippen LogP contribution is 2.36. The first-order valence-electron chi connectivity index (χ1n) is 7.62. The number of aliphatic hydroxyl groups excluding tert-OH is 1. The van der Waals surface area contributed by atoms with Crippen molar-refractivity contribution in [1.82, 2.24) is 15.5 Å². The van der Waals surface area contributed by atoms with Gasteiger partial charge in [0.1, 0.15) is 0 Å². The molecule has 1 aromatic rings. The molecule has 8 nitrogen and oxygen atoms in total. The minimum Gasteiger partial charge on any atom is -0.504 e. The second kappa shape index (κ2) is 6.40. The summed E-state index contributed by atoms with van der Waals surface area (Å²) < 4.78 is 5.10. The molecule has 2 heterocycles. The van der Waals surface area contributed by atoms with E-state index in [2.05, 4.69) is 10.6 Å². The Labute approximate surface area is 138 Å². The molecule has 2 aliphatic heterocycles. The number of phenols is 1. The lowest BCUT2D eigenvalue weighted by atomic mass is 9.96. The molecule has 0 bridgehead atoms. The molecule has 1 atom stereocenters. The summed E-state index contributed by atoms with van der Waals surface area (Å²) in [7, 11) is 1.43. The molecule has 0 saturated carbocycles. The summed E-state index contributed by atoms with van der Waals surface area (Å²) in [4.78, 5) is 26.2. The van der Waals surface area contributed by atoms with Crippen molar-refractivity contribution in [1.29, 1.82) is 0 Å². The van der Waals surface area contributed by atoms with Gasteiger partial charge in [-0.25, -0.2) is 4.79 Å². The third kappa shape index (κ3) is 2.76. The van der Waals surface area contributed by atoms with Gasteiger partial charge < -0.3 is 30.5 Å². The van der Waals surface area contributed by atoms with Crippen LogP contribution in [0.5, 0.6) is 11.5 Å². The first-order valence-corrected chi connectivity index (χ1v) is 7.62. The molecule has 1 unspecified atom stereocenters. The average molecular weight is 333 g/mol. The van der Waals surface area contributed by atoms with E-state index >= 15 is 0 Å². The summed E-state index contributed by atoms with van der Waals surface area (Å²) in [5.41, 5.74) is 1.68. The highest BCUT2D eigenvalue weighted by molar-refractivity contribution is 6.01. The van der Waals surface area contributed by atoms with Crippen molar-refractivity contribution in [3.63, 3.8) is 0 Å². The maximum Gasteiger partial charge on any atom is 0.319 e. The van der Waals surface area contributed by atoms with E-state index in [-0.39, 0.29) is 30.0 Å². The number of aliphatic hydroxyl groups is 1. The van der Waals surface area contributed by atoms with Crippen molar-refractivity contribution >= 4 is 11.9 Å². The Hall–Kier alpha value is -2.74. The molecule has 0 aliphatic carbocycles. The van der Waals surface area contributed by atoms with Crippen molar-refractivity contribution in [2.45, 2.75) is 12.5 Å². The zero-order valence-corrected chi connectivity index (χ0v) is 13.2. The Morgan fingerprint density at radius 1 is 1.38 bits per heavy atom. The summed E-state index contributed by atoms with van der Waals surface area (Å²) in [5, 5.41) is 24.1. The van der Waals surface area contributed by atoms with Gasteiger partial charge in [0.15, 0.2) is 11.5 Å². The normalized spacial score (nSPS) is 19.9. The Balaban J connectivity index is 1.94. The lowest BCUT2D eigenvalue weighted by Crippen LogP contribution is -2.44. The smallest absolute Gasteiger partial charge is 0.319 e. The van der Waals surface area contributed by atoms with Crippen molar-refractivity contribution in [2.24, 2.45) is 0 Å². The van der Waals surface area contributed by atoms with Gasteiger partial charge in [-0.1, -0.05) is 6.07 Å². The summed E-state index contributed by atoms with van der Waals surface area (Å²) in [6.45, 7) is 0.731. The van der Waals surface area contributed by atoms with Gasteiger partial charge in [0.25, 0.3) is 5.91 Å². The first kappa shape index (κ1) is 16.1. The van der Waals surface area contributed by atoms with E-state index in [1.54, 1.807) is 17.0 Å². The highest BCUT2D eigenvalue weighted by Gasteiger charge is 2.40. The van der Waals surface area contributed by atoms with Crippen molar-refractivity contribution in [3.8, 4) is 11.5 Å². The number of nitrogens with one attached hydrogen (secondary N) is 2. The van der Waals surface area contributed by atoms with Crippen LogP contribution in [0.25, 0.3) is 0 Å². The number of ether oxygens (including phenoxy) is 1. The van der Waals surface area contributed by atoms with Crippen LogP contribution < -0.4 is 15.4 Å². The molecular formula is C16H19N3O5. The summed E-state index contributed by atoms with van der Waals surface area (Å²) >= 11 is 0. The van der Waals surface area contributed by atoms with Crippen molar-refractivity contribution in [2.75, 3.05) is 26.8 Å². The number of methoxy groups -OCH3 is 1. The van der Waals surface area contributed by atoms with Crippen LogP contribution in [0.4, 0.5) is 4.79 Å². The minimum atomic E-state index is -0.616. The van der Waals surface area contributed by atoms with E-state index < -0.39 is 6.04 Å². The highest BCUT2D eigenvalue weighted by atomic mass is 16.5. The number of carbonyl (C=O) groups excluding carboxylic acids is 2. The quantitative estimate of drug-likeness (QED) is 0.617. The molecule has 0 saturated heterocycles. The number of aromatic hydroxyl groups is 1. The molecule has 2 aliphatic rings. The maximum atomic E-state index is 12.7. The minimum absolute atomic E-state index is 0.00234. The van der Waals surface area contributed by atoms with Crippen LogP contribution in [0, 0.1) is 0 Å². The zero-order chi connectivity index (χ0) is 17.3. The number of nitrogens with zero attached hydrogens (tertiary/aromatic N) is 1. The fourth-order valence-electron chi connectivity index (χ4n) is 2.99. The molecule has 0 aromatic heterocycles. The van der Waals surface area contributed by atoms with Gasteiger partial charge >= 0.3 is 6.03 Å². The Morgan fingerprint density at radius 3 is 2.88 bits per heavy atom. The molecule has 4 N–H and O–H groups in total. The maximum absolute atomic E-state index is 12.7. The summed E-state index contributed by atoms with van der Waals surface area (Å²) in [6, 6.07) is 3.70. The van der Waals surface area contributed by atoms with Gasteiger partial charge in [-0.3, -0.25) is 4.79 Å². The summed E-state index contributed by atoms with van der Waals surface area (Å²) in [5.74, 6) is 0.0750. The van der Waals surface area contributed by atoms with Crippen molar-refractivity contribution < 1.29 is 24.5 Å². The Bertz CT molecular complexity index is 716. The number of phenolic OH excluding ortho intramolecular Hbond substituents is 1. The van der Waals surface area contributed by atoms with Gasteiger partial charge in [-0.15, -0.1) is 0 Å². The molecule has 1 aromatic carbocycles. The average Bonchev–Trinajstić information content (AvgIpc) is 2.88. The molecule has 3 rings (SSSR count). The number of hydrogen-bond acceptors (Lipinski definition) is 5. The van der Waals surface area contributed by atoms with Crippen LogP contribution in [0.1, 0.15) is 18.0 Å². The zero-order valence-electron chi connectivity index (χ0n) is 13.2. The van der Waals surface area contributed by atoms with Crippen LogP contribution in [-0.4, -0.2) is 53.9 Å². The first-order chi connectivity index (χ1) is 11.5. The Morgan fingerprint density at radius 2 is 2.17 bits per heavy atom. The molecular weight excluding hydrogens is 314 g/mol. The number of amides is 3. The number of rotatable bonds is 5. The van der Waals surface area contributed by atoms with Crippen molar-refractivity contribution in [3.05, 3.63) is 35.0 Å². The van der Waals surface area contributed by atoms with E-state index in [1.165, 1.54) is 13.2 Å². The SMILES string of the molecule is COc1cc(C2NC(=O)NC3=C2C(=O)N(CCCO)C3)ccc1O. The topological polar surface area (TPSA) is 111 Å². The standard InChI is InChI=1S/C16H19N3O5/c1-24-12-7-9(3-4-11(12)21)14-13-10(17-16(23)18-14)8-19(15(13)22)5-2-6-20/h3-4,7,14,20-21H,2,5-6,8H2,1H3,(H2,17,18,23). The third-order valence-corrected chi connectivity index (χ3v) is 4.14. The molecule has 3 amide bonds. The van der Waals surface area contributed by atoms with E-state index in [9.17, 15) is 14.7 Å². The molecule has 0 radical (unpaired) electrons. The van der Waals surface area contributed by atoms with E-state index in [4.69, 9.17) is 9.84 Å². The Kier molecular flexibility index (Phi) is 4.30. The lowest BCUT2D eigenvalue weighted by Gasteiger charge is -2.26.